The summed E-state index contributed by atoms with van der Waals surface area (Å²) in [6.07, 6.45) is -3.60. The Hall–Kier alpha value is -3.62. The third kappa shape index (κ3) is 6.19. The van der Waals surface area contributed by atoms with Crippen LogP contribution in [-0.4, -0.2) is 67.3 Å². The topological polar surface area (TPSA) is 119 Å². The van der Waals surface area contributed by atoms with Gasteiger partial charge in [0.05, 0.1) is 17.7 Å². The van der Waals surface area contributed by atoms with Crippen molar-refractivity contribution in [2.24, 2.45) is 4.99 Å². The molecule has 9 nitrogen and oxygen atoms in total. The van der Waals surface area contributed by atoms with E-state index in [1.54, 1.807) is 25.1 Å². The minimum atomic E-state index is -4.93. The van der Waals surface area contributed by atoms with Gasteiger partial charge in [0.1, 0.15) is 17.2 Å². The van der Waals surface area contributed by atoms with E-state index in [1.807, 2.05) is 0 Å². The third-order valence-corrected chi connectivity index (χ3v) is 8.70. The zero-order valence-corrected chi connectivity index (χ0v) is 23.0. The zero-order chi connectivity index (χ0) is 30.2. The number of carbonyl (C=O) groups excluding carboxylic acids is 2. The number of anilines is 1. The van der Waals surface area contributed by atoms with Crippen LogP contribution in [0.3, 0.4) is 0 Å². The molecule has 41 heavy (non-hydrogen) atoms. The maximum atomic E-state index is 14.6. The first-order valence-corrected chi connectivity index (χ1v) is 14.1. The second-order valence-corrected chi connectivity index (χ2v) is 11.6. The number of aliphatic imine (C=N–C) groups is 1. The van der Waals surface area contributed by atoms with Crippen LogP contribution in [0, 0.1) is 12.7 Å². The summed E-state index contributed by atoms with van der Waals surface area (Å²) >= 11 is 0. The van der Waals surface area contributed by atoms with Crippen LogP contribution < -0.4 is 10.2 Å². The summed E-state index contributed by atoms with van der Waals surface area (Å²) < 4.78 is 81.3. The van der Waals surface area contributed by atoms with Gasteiger partial charge in [-0.05, 0) is 61.2 Å². The summed E-state index contributed by atoms with van der Waals surface area (Å²) in [4.78, 5) is 30.3. The molecule has 0 saturated carbocycles. The lowest BCUT2D eigenvalue weighted by Gasteiger charge is -2.34. The summed E-state index contributed by atoms with van der Waals surface area (Å²) in [7, 11) is -3.91. The van der Waals surface area contributed by atoms with Crippen molar-refractivity contribution < 1.29 is 40.7 Å². The molecular formula is C27H28F4N4O5S. The van der Waals surface area contributed by atoms with Gasteiger partial charge >= 0.3 is 6.18 Å². The Balaban J connectivity index is 1.48. The molecule has 0 radical (unpaired) electrons. The minimum absolute atomic E-state index is 0.0462. The summed E-state index contributed by atoms with van der Waals surface area (Å²) in [6.45, 7) is 2.85. The second kappa shape index (κ2) is 11.3. The monoisotopic (exact) mass is 596 g/mol. The molecule has 2 aromatic rings. The normalized spacial score (nSPS) is 17.6. The summed E-state index contributed by atoms with van der Waals surface area (Å²) in [5.74, 6) is -2.75. The van der Waals surface area contributed by atoms with Gasteiger partial charge in [-0.25, -0.2) is 12.8 Å². The SMILES string of the molecule is CC(=O)N(CCO)c1ccc(/C=C/S(=O)(=O)N2CCC3(CC2)N=C(c2cccc(C(F)(F)F)c2F)NC3=O)c(C)c1. The first-order chi connectivity index (χ1) is 19.2. The average molecular weight is 597 g/mol. The van der Waals surface area contributed by atoms with E-state index in [4.69, 9.17) is 0 Å². The van der Waals surface area contributed by atoms with E-state index in [2.05, 4.69) is 10.3 Å². The fourth-order valence-corrected chi connectivity index (χ4v) is 6.04. The molecule has 4 rings (SSSR count). The molecule has 1 fully saturated rings. The van der Waals surface area contributed by atoms with E-state index >= 15 is 0 Å². The van der Waals surface area contributed by atoms with Crippen molar-refractivity contribution in [1.29, 1.82) is 0 Å². The minimum Gasteiger partial charge on any atom is -0.395 e. The van der Waals surface area contributed by atoms with Gasteiger partial charge in [-0.2, -0.15) is 17.5 Å². The Kier molecular flexibility index (Phi) is 8.39. The van der Waals surface area contributed by atoms with Gasteiger partial charge in [0, 0.05) is 37.7 Å². The predicted octanol–water partition coefficient (Wildman–Crippen LogP) is 3.21. The zero-order valence-electron chi connectivity index (χ0n) is 22.2. The highest BCUT2D eigenvalue weighted by atomic mass is 32.2. The smallest absolute Gasteiger partial charge is 0.395 e. The maximum Gasteiger partial charge on any atom is 0.419 e. The Morgan fingerprint density at radius 2 is 1.90 bits per heavy atom. The number of aliphatic hydroxyl groups is 1. The highest BCUT2D eigenvalue weighted by Gasteiger charge is 2.48. The average Bonchev–Trinajstić information content (AvgIpc) is 3.20. The first kappa shape index (κ1) is 30.3. The lowest BCUT2D eigenvalue weighted by molar-refractivity contribution is -0.140. The molecule has 0 bridgehead atoms. The number of alkyl halides is 3. The van der Waals surface area contributed by atoms with Gasteiger partial charge in [-0.1, -0.05) is 12.1 Å². The van der Waals surface area contributed by atoms with Crippen LogP contribution in [0.15, 0.2) is 46.8 Å². The molecule has 1 spiro atoms. The molecule has 2 aliphatic rings. The number of rotatable bonds is 7. The van der Waals surface area contributed by atoms with Crippen molar-refractivity contribution in [3.8, 4) is 0 Å². The standard InChI is InChI=1S/C27H28F4N4O5S/c1-17-16-20(35(13-14-36)18(2)37)7-6-19(17)8-15-41(39,40)34-11-9-26(10-12-34)25(38)32-24(33-26)21-4-3-5-22(23(21)28)27(29,30)31/h3-8,15-16,36H,9-14H2,1-2H3,(H,32,33,38)/b15-8+. The fourth-order valence-electron chi connectivity index (χ4n) is 4.86. The molecule has 2 N–H and O–H groups in total. The number of nitrogens with one attached hydrogen (secondary N) is 1. The summed E-state index contributed by atoms with van der Waals surface area (Å²) in [5, 5.41) is 12.6. The number of hydrogen-bond acceptors (Lipinski definition) is 6. The van der Waals surface area contributed by atoms with E-state index < -0.39 is 44.6 Å². The van der Waals surface area contributed by atoms with Crippen molar-refractivity contribution in [3.05, 3.63) is 69.9 Å². The van der Waals surface area contributed by atoms with Gasteiger partial charge in [-0.15, -0.1) is 0 Å². The van der Waals surface area contributed by atoms with Crippen LogP contribution in [-0.2, 0) is 25.8 Å². The molecule has 0 atom stereocenters. The van der Waals surface area contributed by atoms with Gasteiger partial charge in [0.2, 0.25) is 15.9 Å². The number of amidine groups is 1. The maximum absolute atomic E-state index is 14.6. The number of sulfonamides is 1. The van der Waals surface area contributed by atoms with Crippen molar-refractivity contribution in [1.82, 2.24) is 9.62 Å². The van der Waals surface area contributed by atoms with Crippen LogP contribution in [0.5, 0.6) is 0 Å². The van der Waals surface area contributed by atoms with E-state index in [1.165, 1.54) is 22.2 Å². The Bertz CT molecular complexity index is 1530. The van der Waals surface area contributed by atoms with Crippen LogP contribution in [0.25, 0.3) is 6.08 Å². The van der Waals surface area contributed by atoms with Crippen molar-refractivity contribution in [2.45, 2.75) is 38.4 Å². The number of carbonyl (C=O) groups is 2. The van der Waals surface area contributed by atoms with E-state index in [-0.39, 0.29) is 50.8 Å². The highest BCUT2D eigenvalue weighted by molar-refractivity contribution is 7.92. The van der Waals surface area contributed by atoms with Gasteiger partial charge in [-0.3, -0.25) is 14.6 Å². The number of nitrogens with zero attached hydrogens (tertiary/aromatic N) is 3. The number of aliphatic hydroxyl groups excluding tert-OH is 1. The van der Waals surface area contributed by atoms with Crippen LogP contribution in [0.2, 0.25) is 0 Å². The van der Waals surface area contributed by atoms with Crippen molar-refractivity contribution in [3.63, 3.8) is 0 Å². The van der Waals surface area contributed by atoms with Gasteiger partial charge in [0.15, 0.2) is 0 Å². The molecule has 2 aliphatic heterocycles. The summed E-state index contributed by atoms with van der Waals surface area (Å²) in [5.41, 5.74) is -1.55. The molecule has 220 valence electrons. The molecular weight excluding hydrogens is 568 g/mol. The lowest BCUT2D eigenvalue weighted by atomic mass is 9.89. The number of amides is 2. The number of piperidine rings is 1. The molecule has 2 amide bonds. The molecule has 0 aromatic heterocycles. The first-order valence-electron chi connectivity index (χ1n) is 12.6. The van der Waals surface area contributed by atoms with E-state index in [9.17, 15) is 40.7 Å². The quantitative estimate of drug-likeness (QED) is 0.476. The molecule has 14 heteroatoms. The molecule has 1 saturated heterocycles. The molecule has 0 aliphatic carbocycles. The number of benzene rings is 2. The van der Waals surface area contributed by atoms with Crippen molar-refractivity contribution in [2.75, 3.05) is 31.1 Å². The largest absolute Gasteiger partial charge is 0.419 e. The lowest BCUT2D eigenvalue weighted by Crippen LogP contribution is -2.50. The Labute approximate surface area is 234 Å². The Morgan fingerprint density at radius 1 is 1.22 bits per heavy atom. The molecule has 2 aromatic carbocycles. The van der Waals surface area contributed by atoms with Crippen LogP contribution in [0.1, 0.15) is 42.0 Å². The van der Waals surface area contributed by atoms with Gasteiger partial charge < -0.3 is 15.3 Å². The van der Waals surface area contributed by atoms with Gasteiger partial charge in [0.25, 0.3) is 5.91 Å². The second-order valence-electron chi connectivity index (χ2n) is 9.79. The number of hydrogen-bond donors (Lipinski definition) is 2. The third-order valence-electron chi connectivity index (χ3n) is 7.14. The molecule has 0 unspecified atom stereocenters. The fraction of sp³-hybridized carbons (Fsp3) is 0.370. The molecule has 2 heterocycles. The highest BCUT2D eigenvalue weighted by Crippen LogP contribution is 2.35. The Morgan fingerprint density at radius 3 is 2.49 bits per heavy atom. The van der Waals surface area contributed by atoms with Crippen LogP contribution in [0.4, 0.5) is 23.2 Å². The van der Waals surface area contributed by atoms with E-state index in [0.29, 0.717) is 22.9 Å². The van der Waals surface area contributed by atoms with Crippen LogP contribution >= 0.6 is 0 Å². The van der Waals surface area contributed by atoms with E-state index in [0.717, 1.165) is 17.5 Å². The number of halogens is 4. The number of aryl methyl sites for hydroxylation is 1. The summed E-state index contributed by atoms with van der Waals surface area (Å²) in [6, 6.07) is 7.70. The van der Waals surface area contributed by atoms with Crippen molar-refractivity contribution >= 4 is 39.4 Å². The predicted molar refractivity (Wildman–Crippen MR) is 144 cm³/mol.